The Morgan fingerprint density at radius 3 is 2.60 bits per heavy atom. The maximum atomic E-state index is 12.2. The molecule has 7 heteroatoms. The van der Waals surface area contributed by atoms with E-state index in [9.17, 15) is 4.79 Å². The first-order valence-corrected chi connectivity index (χ1v) is 9.87. The predicted octanol–water partition coefficient (Wildman–Crippen LogP) is 3.39. The topological polar surface area (TPSA) is 92.7 Å². The number of hydrogen-bond acceptors (Lipinski definition) is 6. The Balaban J connectivity index is 1.43. The van der Waals surface area contributed by atoms with Crippen LogP contribution < -0.4 is 10.6 Å². The van der Waals surface area contributed by atoms with E-state index in [4.69, 9.17) is 0 Å². The van der Waals surface area contributed by atoms with Gasteiger partial charge in [-0.05, 0) is 30.5 Å². The number of amides is 1. The van der Waals surface area contributed by atoms with Crippen molar-refractivity contribution in [2.75, 3.05) is 11.9 Å². The molecule has 0 aliphatic heterocycles. The number of nitrogens with zero attached hydrogens (tertiary/aromatic N) is 4. The predicted molar refractivity (Wildman–Crippen MR) is 116 cm³/mol. The summed E-state index contributed by atoms with van der Waals surface area (Å²) in [7, 11) is 0. The van der Waals surface area contributed by atoms with Crippen molar-refractivity contribution >= 4 is 22.6 Å². The van der Waals surface area contributed by atoms with Crippen molar-refractivity contribution in [3.63, 3.8) is 0 Å². The highest BCUT2D eigenvalue weighted by Crippen LogP contribution is 2.20. The number of aromatic nitrogens is 4. The molecular weight excluding hydrogens is 376 g/mol. The number of benzene rings is 2. The molecular formula is C23H22N6O. The van der Waals surface area contributed by atoms with E-state index in [0.717, 1.165) is 36.1 Å². The zero-order chi connectivity index (χ0) is 20.6. The van der Waals surface area contributed by atoms with Crippen molar-refractivity contribution in [2.45, 2.75) is 19.4 Å². The van der Waals surface area contributed by atoms with Crippen LogP contribution in [0.2, 0.25) is 0 Å². The molecule has 150 valence electrons. The summed E-state index contributed by atoms with van der Waals surface area (Å²) in [6.45, 7) is 1.00. The van der Waals surface area contributed by atoms with Gasteiger partial charge in [0.15, 0.2) is 5.82 Å². The average molecular weight is 398 g/mol. The summed E-state index contributed by atoms with van der Waals surface area (Å²) in [4.78, 5) is 29.4. The van der Waals surface area contributed by atoms with Crippen LogP contribution in [0.1, 0.15) is 28.3 Å². The summed E-state index contributed by atoms with van der Waals surface area (Å²) < 4.78 is 0. The lowest BCUT2D eigenvalue weighted by molar-refractivity contribution is 0.0944. The third kappa shape index (κ3) is 4.94. The molecule has 30 heavy (non-hydrogen) atoms. The molecule has 2 aromatic carbocycles. The van der Waals surface area contributed by atoms with E-state index in [1.54, 1.807) is 0 Å². The summed E-state index contributed by atoms with van der Waals surface area (Å²) in [6, 6.07) is 18.3. The van der Waals surface area contributed by atoms with Crippen LogP contribution in [0, 0.1) is 0 Å². The first-order valence-electron chi connectivity index (χ1n) is 9.87. The van der Waals surface area contributed by atoms with Gasteiger partial charge in [-0.15, -0.1) is 0 Å². The van der Waals surface area contributed by atoms with Crippen molar-refractivity contribution in [1.82, 2.24) is 25.3 Å². The van der Waals surface area contributed by atoms with Gasteiger partial charge in [0.05, 0.1) is 18.3 Å². The highest BCUT2D eigenvalue weighted by Gasteiger charge is 2.10. The van der Waals surface area contributed by atoms with Gasteiger partial charge in [-0.1, -0.05) is 42.5 Å². The smallest absolute Gasteiger partial charge is 0.271 e. The second-order valence-electron chi connectivity index (χ2n) is 6.79. The number of fused-ring (bicyclic) bond motifs is 1. The fraction of sp³-hybridized carbons (Fsp3) is 0.174. The Morgan fingerprint density at radius 1 is 0.933 bits per heavy atom. The third-order valence-corrected chi connectivity index (χ3v) is 4.63. The third-order valence-electron chi connectivity index (χ3n) is 4.63. The van der Waals surface area contributed by atoms with Gasteiger partial charge in [-0.3, -0.25) is 9.78 Å². The Hall–Kier alpha value is -3.87. The van der Waals surface area contributed by atoms with Gasteiger partial charge < -0.3 is 10.6 Å². The lowest BCUT2D eigenvalue weighted by Gasteiger charge is -2.11. The first kappa shape index (κ1) is 19.4. The summed E-state index contributed by atoms with van der Waals surface area (Å²) >= 11 is 0. The number of para-hydroxylation sites is 1. The monoisotopic (exact) mass is 398 g/mol. The van der Waals surface area contributed by atoms with Gasteiger partial charge in [-0.2, -0.15) is 0 Å². The van der Waals surface area contributed by atoms with Crippen molar-refractivity contribution < 1.29 is 4.79 Å². The number of rotatable bonds is 8. The fourth-order valence-corrected chi connectivity index (χ4v) is 3.15. The van der Waals surface area contributed by atoms with Gasteiger partial charge in [0, 0.05) is 24.3 Å². The summed E-state index contributed by atoms with van der Waals surface area (Å²) in [5.41, 5.74) is 2.42. The fourth-order valence-electron chi connectivity index (χ4n) is 3.15. The second kappa shape index (κ2) is 9.56. The molecule has 0 radical (unpaired) electrons. The van der Waals surface area contributed by atoms with Crippen molar-refractivity contribution in [2.24, 2.45) is 0 Å². The van der Waals surface area contributed by atoms with Crippen LogP contribution in [0.5, 0.6) is 0 Å². The van der Waals surface area contributed by atoms with Gasteiger partial charge >= 0.3 is 0 Å². The zero-order valence-electron chi connectivity index (χ0n) is 16.5. The van der Waals surface area contributed by atoms with Crippen LogP contribution in [-0.2, 0) is 13.0 Å². The maximum Gasteiger partial charge on any atom is 0.271 e. The lowest BCUT2D eigenvalue weighted by Crippen LogP contribution is -2.25. The molecule has 1 amide bonds. The van der Waals surface area contributed by atoms with E-state index in [-0.39, 0.29) is 18.1 Å². The molecule has 2 heterocycles. The van der Waals surface area contributed by atoms with Crippen molar-refractivity contribution in [3.05, 3.63) is 90.3 Å². The Labute approximate surface area is 174 Å². The van der Waals surface area contributed by atoms with Gasteiger partial charge in [0.2, 0.25) is 0 Å². The molecule has 4 rings (SSSR count). The van der Waals surface area contributed by atoms with Crippen LogP contribution in [0.25, 0.3) is 10.9 Å². The quantitative estimate of drug-likeness (QED) is 0.442. The molecule has 0 aliphatic rings. The molecule has 0 bridgehead atoms. The number of nitrogens with one attached hydrogen (secondary N) is 2. The van der Waals surface area contributed by atoms with Gasteiger partial charge in [0.1, 0.15) is 11.5 Å². The highest BCUT2D eigenvalue weighted by molar-refractivity contribution is 5.92. The van der Waals surface area contributed by atoms with E-state index in [1.807, 2.05) is 30.3 Å². The molecule has 0 fully saturated rings. The summed E-state index contributed by atoms with van der Waals surface area (Å²) in [5.74, 6) is 1.01. The SMILES string of the molecule is O=C(NCc1nc(NCCCc2ccccc2)c2ccccc2n1)c1cnccn1. The summed E-state index contributed by atoms with van der Waals surface area (Å²) in [6.07, 6.45) is 6.42. The minimum atomic E-state index is -0.308. The van der Waals surface area contributed by atoms with E-state index >= 15 is 0 Å². The molecule has 4 aromatic rings. The largest absolute Gasteiger partial charge is 0.369 e. The molecule has 0 atom stereocenters. The van der Waals surface area contributed by atoms with Crippen molar-refractivity contribution in [1.29, 1.82) is 0 Å². The number of anilines is 1. The van der Waals surface area contributed by atoms with E-state index in [1.165, 1.54) is 24.2 Å². The molecule has 0 saturated carbocycles. The maximum absolute atomic E-state index is 12.2. The molecule has 2 N–H and O–H groups in total. The first-order chi connectivity index (χ1) is 14.8. The number of hydrogen-bond donors (Lipinski definition) is 2. The number of carbonyl (C=O) groups excluding carboxylic acids is 1. The Kier molecular flexibility index (Phi) is 6.19. The zero-order valence-corrected chi connectivity index (χ0v) is 16.5. The molecule has 7 nitrogen and oxygen atoms in total. The standard InChI is InChI=1S/C23H22N6O/c30-23(20-15-24-13-14-25-20)27-16-21-28-19-11-5-4-10-18(19)22(29-21)26-12-6-9-17-7-2-1-3-8-17/h1-5,7-8,10-11,13-15H,6,9,12,16H2,(H,27,30)(H,26,28,29). The lowest BCUT2D eigenvalue weighted by atomic mass is 10.1. The normalized spacial score (nSPS) is 10.7. The molecule has 0 unspecified atom stereocenters. The summed E-state index contributed by atoms with van der Waals surface area (Å²) in [5, 5.41) is 7.19. The second-order valence-corrected chi connectivity index (χ2v) is 6.79. The molecule has 0 saturated heterocycles. The molecule has 2 aromatic heterocycles. The van der Waals surface area contributed by atoms with Gasteiger partial charge in [0.25, 0.3) is 5.91 Å². The van der Waals surface area contributed by atoms with Crippen LogP contribution in [0.15, 0.2) is 73.2 Å². The minimum absolute atomic E-state index is 0.207. The van der Waals surface area contributed by atoms with E-state index in [0.29, 0.717) is 5.82 Å². The van der Waals surface area contributed by atoms with Gasteiger partial charge in [-0.25, -0.2) is 15.0 Å². The van der Waals surface area contributed by atoms with E-state index < -0.39 is 0 Å². The van der Waals surface area contributed by atoms with Crippen molar-refractivity contribution in [3.8, 4) is 0 Å². The van der Waals surface area contributed by atoms with Crippen LogP contribution in [-0.4, -0.2) is 32.4 Å². The Bertz CT molecular complexity index is 1120. The van der Waals surface area contributed by atoms with Crippen LogP contribution in [0.3, 0.4) is 0 Å². The van der Waals surface area contributed by atoms with Crippen LogP contribution in [0.4, 0.5) is 5.82 Å². The average Bonchev–Trinajstić information content (AvgIpc) is 2.81. The molecule has 0 aliphatic carbocycles. The van der Waals surface area contributed by atoms with E-state index in [2.05, 4.69) is 54.8 Å². The highest BCUT2D eigenvalue weighted by atomic mass is 16.1. The van der Waals surface area contributed by atoms with Crippen LogP contribution >= 0.6 is 0 Å². The number of aryl methyl sites for hydroxylation is 1. The molecule has 0 spiro atoms. The Morgan fingerprint density at radius 2 is 1.77 bits per heavy atom. The minimum Gasteiger partial charge on any atom is -0.369 e. The number of carbonyl (C=O) groups is 1.